The van der Waals surface area contributed by atoms with Crippen LogP contribution >= 0.6 is 0 Å². The Balaban J connectivity index is 1.70. The summed E-state index contributed by atoms with van der Waals surface area (Å²) in [6, 6.07) is 41.7. The van der Waals surface area contributed by atoms with Gasteiger partial charge in [-0.25, -0.2) is 0 Å². The van der Waals surface area contributed by atoms with Gasteiger partial charge in [-0.3, -0.25) is 0 Å². The van der Waals surface area contributed by atoms with Gasteiger partial charge in [0.1, 0.15) is 5.75 Å². The molecular weight excluding hydrogens is 444 g/mol. The van der Waals surface area contributed by atoms with E-state index in [0.29, 0.717) is 13.2 Å². The minimum Gasteiger partial charge on any atom is -0.531 e. The Morgan fingerprint density at radius 3 is 1.74 bits per heavy atom. The SMILES string of the molecule is C=CC/C(=C\[Si](Oc1ccccc1)(c1ccccc1)c1ccccc1)CCOCc1ccccc1. The summed E-state index contributed by atoms with van der Waals surface area (Å²) in [4.78, 5) is 0. The molecule has 0 radical (unpaired) electrons. The second-order valence-corrected chi connectivity index (χ2v) is 11.6. The van der Waals surface area contributed by atoms with E-state index < -0.39 is 8.32 Å². The van der Waals surface area contributed by atoms with E-state index in [1.807, 2.05) is 54.6 Å². The lowest BCUT2D eigenvalue weighted by Gasteiger charge is -2.31. The quantitative estimate of drug-likeness (QED) is 0.132. The molecule has 0 spiro atoms. The smallest absolute Gasteiger partial charge is 0.339 e. The zero-order valence-corrected chi connectivity index (χ0v) is 21.1. The summed E-state index contributed by atoms with van der Waals surface area (Å²) in [6.07, 6.45) is 3.59. The van der Waals surface area contributed by atoms with E-state index in [0.717, 1.165) is 18.6 Å². The minimum absolute atomic E-state index is 0.614. The van der Waals surface area contributed by atoms with Crippen LogP contribution in [-0.4, -0.2) is 14.9 Å². The van der Waals surface area contributed by atoms with Crippen molar-refractivity contribution in [2.24, 2.45) is 0 Å². The largest absolute Gasteiger partial charge is 0.531 e. The maximum Gasteiger partial charge on any atom is 0.339 e. The molecule has 0 aromatic heterocycles. The van der Waals surface area contributed by atoms with Gasteiger partial charge in [-0.05, 0) is 46.6 Å². The first kappa shape index (κ1) is 24.5. The predicted octanol–water partition coefficient (Wildman–Crippen LogP) is 6.47. The van der Waals surface area contributed by atoms with E-state index in [-0.39, 0.29) is 0 Å². The molecule has 0 aliphatic rings. The van der Waals surface area contributed by atoms with Gasteiger partial charge in [0.2, 0.25) is 0 Å². The molecule has 0 aliphatic heterocycles. The van der Waals surface area contributed by atoms with Crippen molar-refractivity contribution in [3.8, 4) is 5.75 Å². The van der Waals surface area contributed by atoms with Crippen molar-refractivity contribution in [1.82, 2.24) is 0 Å². The molecule has 0 fully saturated rings. The Morgan fingerprint density at radius 2 is 1.20 bits per heavy atom. The third kappa shape index (κ3) is 6.69. The maximum absolute atomic E-state index is 7.01. The normalized spacial score (nSPS) is 11.7. The van der Waals surface area contributed by atoms with E-state index in [1.54, 1.807) is 0 Å². The average Bonchev–Trinajstić information content (AvgIpc) is 2.93. The average molecular weight is 477 g/mol. The number of hydrogen-bond acceptors (Lipinski definition) is 2. The molecule has 0 bridgehead atoms. The highest BCUT2D eigenvalue weighted by atomic mass is 28.4. The molecule has 4 aromatic rings. The molecular formula is C32H32O2Si. The van der Waals surface area contributed by atoms with Crippen LogP contribution in [0.5, 0.6) is 5.75 Å². The molecule has 176 valence electrons. The van der Waals surface area contributed by atoms with Crippen molar-refractivity contribution < 1.29 is 9.16 Å². The molecule has 2 nitrogen and oxygen atoms in total. The van der Waals surface area contributed by atoms with E-state index >= 15 is 0 Å². The summed E-state index contributed by atoms with van der Waals surface area (Å²) >= 11 is 0. The molecule has 0 heterocycles. The minimum atomic E-state index is -2.78. The van der Waals surface area contributed by atoms with Gasteiger partial charge in [0.05, 0.1) is 13.2 Å². The molecule has 0 amide bonds. The van der Waals surface area contributed by atoms with Crippen LogP contribution in [0.1, 0.15) is 18.4 Å². The molecule has 0 saturated heterocycles. The van der Waals surface area contributed by atoms with E-state index in [1.165, 1.54) is 21.5 Å². The van der Waals surface area contributed by atoms with Crippen LogP contribution in [0, 0.1) is 0 Å². The third-order valence-electron chi connectivity index (χ3n) is 5.92. The second-order valence-electron chi connectivity index (χ2n) is 8.47. The number of ether oxygens (including phenoxy) is 1. The first-order valence-electron chi connectivity index (χ1n) is 12.1. The fourth-order valence-electron chi connectivity index (χ4n) is 4.20. The summed E-state index contributed by atoms with van der Waals surface area (Å²) in [7, 11) is -2.78. The summed E-state index contributed by atoms with van der Waals surface area (Å²) < 4.78 is 13.1. The number of rotatable bonds is 12. The Hall–Kier alpha value is -3.66. The molecule has 0 atom stereocenters. The lowest BCUT2D eigenvalue weighted by molar-refractivity contribution is 0.123. The number of allylic oxidation sites excluding steroid dienone is 1. The van der Waals surface area contributed by atoms with Gasteiger partial charge in [-0.2, -0.15) is 0 Å². The summed E-state index contributed by atoms with van der Waals surface area (Å²) in [5.41, 5.74) is 4.87. The molecule has 0 unspecified atom stereocenters. The van der Waals surface area contributed by atoms with Gasteiger partial charge >= 0.3 is 8.32 Å². The monoisotopic (exact) mass is 476 g/mol. The highest BCUT2D eigenvalue weighted by Gasteiger charge is 2.40. The van der Waals surface area contributed by atoms with E-state index in [2.05, 4.69) is 85.1 Å². The molecule has 3 heteroatoms. The van der Waals surface area contributed by atoms with Gasteiger partial charge < -0.3 is 9.16 Å². The van der Waals surface area contributed by atoms with Crippen LogP contribution in [0.3, 0.4) is 0 Å². The standard InChI is InChI=1S/C32H32O2Si/c1-2-15-29(24-25-33-26-28-16-7-3-8-17-28)27-35(31-20-11-5-12-21-31,32-22-13-6-14-23-32)34-30-18-9-4-10-19-30/h2-14,16-23,27H,1,15,24-26H2/b29-27+. The van der Waals surface area contributed by atoms with Crippen molar-refractivity contribution >= 4 is 18.7 Å². The fourth-order valence-corrected chi connectivity index (χ4v) is 7.88. The Morgan fingerprint density at radius 1 is 0.686 bits per heavy atom. The molecule has 0 N–H and O–H groups in total. The number of benzene rings is 4. The Kier molecular flexibility index (Phi) is 8.88. The molecule has 0 aliphatic carbocycles. The van der Waals surface area contributed by atoms with Gasteiger partial charge in [-0.1, -0.05) is 121 Å². The predicted molar refractivity (Wildman–Crippen MR) is 149 cm³/mol. The summed E-state index contributed by atoms with van der Waals surface area (Å²) in [6.45, 7) is 5.29. The van der Waals surface area contributed by atoms with Crippen molar-refractivity contribution in [3.05, 3.63) is 151 Å². The summed E-state index contributed by atoms with van der Waals surface area (Å²) in [5.74, 6) is 0.876. The number of hydrogen-bond donors (Lipinski definition) is 0. The van der Waals surface area contributed by atoms with Gasteiger partial charge in [0, 0.05) is 0 Å². The Bertz CT molecular complexity index is 1150. The van der Waals surface area contributed by atoms with E-state index in [9.17, 15) is 0 Å². The van der Waals surface area contributed by atoms with Gasteiger partial charge in [-0.15, -0.1) is 6.58 Å². The van der Waals surface area contributed by atoms with Crippen LogP contribution in [0.2, 0.25) is 0 Å². The van der Waals surface area contributed by atoms with Crippen LogP contribution in [0.25, 0.3) is 0 Å². The van der Waals surface area contributed by atoms with Crippen LogP contribution in [0.4, 0.5) is 0 Å². The van der Waals surface area contributed by atoms with Gasteiger partial charge in [0.15, 0.2) is 0 Å². The lowest BCUT2D eigenvalue weighted by Crippen LogP contribution is -2.62. The van der Waals surface area contributed by atoms with Crippen molar-refractivity contribution in [2.45, 2.75) is 19.4 Å². The van der Waals surface area contributed by atoms with E-state index in [4.69, 9.17) is 9.16 Å². The van der Waals surface area contributed by atoms with Crippen LogP contribution in [-0.2, 0) is 11.3 Å². The highest BCUT2D eigenvalue weighted by molar-refractivity contribution is 7.01. The van der Waals surface area contributed by atoms with Crippen molar-refractivity contribution in [2.75, 3.05) is 6.61 Å². The topological polar surface area (TPSA) is 18.5 Å². The number of para-hydroxylation sites is 1. The first-order valence-corrected chi connectivity index (χ1v) is 14.1. The second kappa shape index (κ2) is 12.7. The highest BCUT2D eigenvalue weighted by Crippen LogP contribution is 2.21. The molecule has 4 rings (SSSR count). The molecule has 35 heavy (non-hydrogen) atoms. The zero-order chi connectivity index (χ0) is 24.2. The zero-order valence-electron chi connectivity index (χ0n) is 20.1. The molecule has 4 aromatic carbocycles. The maximum atomic E-state index is 7.01. The van der Waals surface area contributed by atoms with Crippen LogP contribution < -0.4 is 14.8 Å². The van der Waals surface area contributed by atoms with Crippen LogP contribution in [0.15, 0.2) is 145 Å². The van der Waals surface area contributed by atoms with Gasteiger partial charge in [0.25, 0.3) is 0 Å². The Labute approximate surface area is 210 Å². The lowest BCUT2D eigenvalue weighted by atomic mass is 10.1. The van der Waals surface area contributed by atoms with Crippen molar-refractivity contribution in [1.29, 1.82) is 0 Å². The fraction of sp³-hybridized carbons (Fsp3) is 0.125. The first-order chi connectivity index (χ1) is 17.3. The third-order valence-corrected chi connectivity index (χ3v) is 9.67. The molecule has 0 saturated carbocycles. The van der Waals surface area contributed by atoms with Crippen molar-refractivity contribution in [3.63, 3.8) is 0 Å². The summed E-state index contributed by atoms with van der Waals surface area (Å²) in [5, 5.41) is 2.42.